The van der Waals surface area contributed by atoms with Crippen molar-refractivity contribution in [1.82, 2.24) is 0 Å². The first kappa shape index (κ1) is 20.7. The highest BCUT2D eigenvalue weighted by atomic mass is 16.6. The molecule has 2 rings (SSSR count). The molecule has 0 amide bonds. The minimum absolute atomic E-state index is 0.244. The number of hydrogen-bond acceptors (Lipinski definition) is 4. The van der Waals surface area contributed by atoms with Crippen molar-refractivity contribution in [3.8, 4) is 0 Å². The van der Waals surface area contributed by atoms with Gasteiger partial charge in [0.05, 0.1) is 13.2 Å². The molecule has 0 atom stereocenters. The van der Waals surface area contributed by atoms with Gasteiger partial charge in [0.15, 0.2) is 5.41 Å². The molecule has 0 unspecified atom stereocenters. The van der Waals surface area contributed by atoms with E-state index in [-0.39, 0.29) is 26.1 Å². The minimum atomic E-state index is -1.40. The molecule has 0 saturated heterocycles. The first-order valence-electron chi connectivity index (χ1n) is 9.54. The molecule has 0 aliphatic carbocycles. The number of benzene rings is 2. The summed E-state index contributed by atoms with van der Waals surface area (Å²) in [5.74, 6) is -1.03. The monoisotopic (exact) mass is 368 g/mol. The Morgan fingerprint density at radius 2 is 1.07 bits per heavy atom. The lowest BCUT2D eigenvalue weighted by atomic mass is 9.76. The van der Waals surface area contributed by atoms with Gasteiger partial charge in [-0.1, -0.05) is 74.5 Å². The molecule has 4 heteroatoms. The lowest BCUT2D eigenvalue weighted by Crippen LogP contribution is -2.46. The molecule has 2 aromatic rings. The van der Waals surface area contributed by atoms with Gasteiger partial charge in [0.25, 0.3) is 0 Å². The van der Waals surface area contributed by atoms with Crippen LogP contribution >= 0.6 is 0 Å². The van der Waals surface area contributed by atoms with E-state index in [0.717, 1.165) is 11.1 Å². The number of hydrogen-bond donors (Lipinski definition) is 0. The van der Waals surface area contributed by atoms with Gasteiger partial charge in [0.2, 0.25) is 0 Å². The van der Waals surface area contributed by atoms with E-state index in [9.17, 15) is 9.59 Å². The minimum Gasteiger partial charge on any atom is -0.465 e. The Bertz CT molecular complexity index is 646. The summed E-state index contributed by atoms with van der Waals surface area (Å²) in [6.07, 6.45) is 1.88. The lowest BCUT2D eigenvalue weighted by molar-refractivity contribution is -0.172. The average molecular weight is 368 g/mol. The van der Waals surface area contributed by atoms with Crippen LogP contribution in [-0.2, 0) is 31.9 Å². The fourth-order valence-electron chi connectivity index (χ4n) is 2.99. The van der Waals surface area contributed by atoms with Gasteiger partial charge < -0.3 is 9.47 Å². The van der Waals surface area contributed by atoms with Gasteiger partial charge >= 0.3 is 11.9 Å². The van der Waals surface area contributed by atoms with Gasteiger partial charge in [-0.3, -0.25) is 9.59 Å². The molecule has 0 fully saturated rings. The fraction of sp³-hybridized carbons (Fsp3) is 0.391. The summed E-state index contributed by atoms with van der Waals surface area (Å²) < 4.78 is 10.9. The molecule has 0 N–H and O–H groups in total. The van der Waals surface area contributed by atoms with Crippen LogP contribution in [0.3, 0.4) is 0 Å². The molecule has 27 heavy (non-hydrogen) atoms. The molecule has 0 spiro atoms. The summed E-state index contributed by atoms with van der Waals surface area (Å²) >= 11 is 0. The molecule has 0 aromatic heterocycles. The Balaban J connectivity index is 2.44. The summed E-state index contributed by atoms with van der Waals surface area (Å²) in [7, 11) is 0. The fourth-order valence-corrected chi connectivity index (χ4v) is 2.99. The van der Waals surface area contributed by atoms with Crippen molar-refractivity contribution in [3.63, 3.8) is 0 Å². The van der Waals surface area contributed by atoms with Crippen LogP contribution < -0.4 is 0 Å². The zero-order valence-electron chi connectivity index (χ0n) is 16.1. The van der Waals surface area contributed by atoms with Gasteiger partial charge in [0.1, 0.15) is 0 Å². The van der Waals surface area contributed by atoms with Crippen molar-refractivity contribution in [2.45, 2.75) is 39.5 Å². The lowest BCUT2D eigenvalue weighted by Gasteiger charge is -2.30. The van der Waals surface area contributed by atoms with Crippen LogP contribution in [0.5, 0.6) is 0 Å². The third-order valence-electron chi connectivity index (χ3n) is 4.35. The summed E-state index contributed by atoms with van der Waals surface area (Å²) in [6.45, 7) is 4.42. The van der Waals surface area contributed by atoms with Crippen LogP contribution in [0.15, 0.2) is 60.7 Å². The molecule has 0 heterocycles. The zero-order valence-corrected chi connectivity index (χ0v) is 16.1. The van der Waals surface area contributed by atoms with E-state index in [1.807, 2.05) is 74.5 Å². The first-order valence-corrected chi connectivity index (χ1v) is 9.54. The molecule has 0 aliphatic rings. The standard InChI is InChI=1S/C23H28O4/c1-3-15-26-21(24)23(22(25)27-16-4-2,17-19-11-7-5-8-12-19)18-20-13-9-6-10-14-20/h5-14H,3-4,15-18H2,1-2H3. The summed E-state index contributed by atoms with van der Waals surface area (Å²) in [6, 6.07) is 19.1. The second kappa shape index (κ2) is 10.5. The summed E-state index contributed by atoms with van der Waals surface area (Å²) in [5, 5.41) is 0. The number of esters is 2. The summed E-state index contributed by atoms with van der Waals surface area (Å²) in [4.78, 5) is 26.2. The normalized spacial score (nSPS) is 11.0. The SMILES string of the molecule is CCCOC(=O)C(Cc1ccccc1)(Cc1ccccc1)C(=O)OCCC. The first-order chi connectivity index (χ1) is 13.1. The van der Waals surface area contributed by atoms with Crippen molar-refractivity contribution in [3.05, 3.63) is 71.8 Å². The molecular formula is C23H28O4. The molecule has 0 bridgehead atoms. The van der Waals surface area contributed by atoms with E-state index >= 15 is 0 Å². The molecule has 0 saturated carbocycles. The predicted molar refractivity (Wildman–Crippen MR) is 105 cm³/mol. The number of ether oxygens (including phenoxy) is 2. The molecule has 144 valence electrons. The summed E-state index contributed by atoms with van der Waals surface area (Å²) in [5.41, 5.74) is 0.401. The van der Waals surface area contributed by atoms with Crippen LogP contribution in [0.2, 0.25) is 0 Å². The van der Waals surface area contributed by atoms with Gasteiger partial charge in [-0.25, -0.2) is 0 Å². The van der Waals surface area contributed by atoms with Crippen LogP contribution in [0, 0.1) is 5.41 Å². The van der Waals surface area contributed by atoms with Gasteiger partial charge in [-0.2, -0.15) is 0 Å². The van der Waals surface area contributed by atoms with Crippen LogP contribution in [0.4, 0.5) is 0 Å². The van der Waals surface area contributed by atoms with Gasteiger partial charge in [-0.05, 0) is 36.8 Å². The van der Waals surface area contributed by atoms with Crippen LogP contribution in [0.25, 0.3) is 0 Å². The zero-order chi connectivity index (χ0) is 19.5. The topological polar surface area (TPSA) is 52.6 Å². The van der Waals surface area contributed by atoms with Crippen LogP contribution in [0.1, 0.15) is 37.8 Å². The number of carbonyl (C=O) groups excluding carboxylic acids is 2. The van der Waals surface area contributed by atoms with Crippen molar-refractivity contribution >= 4 is 11.9 Å². The highest BCUT2D eigenvalue weighted by Gasteiger charge is 2.49. The molecule has 2 aromatic carbocycles. The maximum atomic E-state index is 13.1. The highest BCUT2D eigenvalue weighted by molar-refractivity contribution is 6.00. The molecule has 0 radical (unpaired) electrons. The van der Waals surface area contributed by atoms with Crippen LogP contribution in [-0.4, -0.2) is 25.2 Å². The smallest absolute Gasteiger partial charge is 0.324 e. The number of carbonyl (C=O) groups is 2. The van der Waals surface area contributed by atoms with Gasteiger partial charge in [0, 0.05) is 0 Å². The Kier molecular flexibility index (Phi) is 8.05. The van der Waals surface area contributed by atoms with Crippen molar-refractivity contribution < 1.29 is 19.1 Å². The molecule has 4 nitrogen and oxygen atoms in total. The van der Waals surface area contributed by atoms with E-state index in [2.05, 4.69) is 0 Å². The van der Waals surface area contributed by atoms with Crippen molar-refractivity contribution in [2.75, 3.05) is 13.2 Å². The molecular weight excluding hydrogens is 340 g/mol. The average Bonchev–Trinajstić information content (AvgIpc) is 2.71. The predicted octanol–water partition coefficient (Wildman–Crippen LogP) is 4.36. The third kappa shape index (κ3) is 5.68. The Hall–Kier alpha value is -2.62. The Labute approximate surface area is 161 Å². The van der Waals surface area contributed by atoms with E-state index < -0.39 is 17.4 Å². The van der Waals surface area contributed by atoms with E-state index in [0.29, 0.717) is 12.8 Å². The van der Waals surface area contributed by atoms with Crippen molar-refractivity contribution in [2.24, 2.45) is 5.41 Å². The van der Waals surface area contributed by atoms with E-state index in [1.54, 1.807) is 0 Å². The largest absolute Gasteiger partial charge is 0.465 e. The second-order valence-corrected chi connectivity index (χ2v) is 6.68. The van der Waals surface area contributed by atoms with E-state index in [1.165, 1.54) is 0 Å². The second-order valence-electron chi connectivity index (χ2n) is 6.68. The Morgan fingerprint density at radius 1 is 0.704 bits per heavy atom. The quantitative estimate of drug-likeness (QED) is 0.462. The number of rotatable bonds is 10. The van der Waals surface area contributed by atoms with E-state index in [4.69, 9.17) is 9.47 Å². The Morgan fingerprint density at radius 3 is 1.41 bits per heavy atom. The molecule has 0 aliphatic heterocycles. The maximum Gasteiger partial charge on any atom is 0.324 e. The van der Waals surface area contributed by atoms with Gasteiger partial charge in [-0.15, -0.1) is 0 Å². The van der Waals surface area contributed by atoms with Crippen molar-refractivity contribution in [1.29, 1.82) is 0 Å². The third-order valence-corrected chi connectivity index (χ3v) is 4.35. The maximum absolute atomic E-state index is 13.1. The highest BCUT2D eigenvalue weighted by Crippen LogP contribution is 2.32.